The first-order chi connectivity index (χ1) is 9.69. The number of methoxy groups -OCH3 is 2. The minimum absolute atomic E-state index is 0.242. The second kappa shape index (κ2) is 6.56. The first kappa shape index (κ1) is 14.6. The standard InChI is InChI=1S/C14H20N2O4/c1-19-13-11(14(18)20-2)3-4-12(15-13)16-7-5-10(9-17)6-8-16/h3-4,10,17H,5-9H2,1-2H3. The van der Waals surface area contributed by atoms with Crippen molar-refractivity contribution in [2.75, 3.05) is 38.8 Å². The molecule has 0 amide bonds. The van der Waals surface area contributed by atoms with Gasteiger partial charge in [-0.25, -0.2) is 4.79 Å². The van der Waals surface area contributed by atoms with E-state index in [2.05, 4.69) is 9.88 Å². The molecule has 2 heterocycles. The van der Waals surface area contributed by atoms with Gasteiger partial charge in [0, 0.05) is 19.7 Å². The van der Waals surface area contributed by atoms with Crippen LogP contribution in [0.3, 0.4) is 0 Å². The lowest BCUT2D eigenvalue weighted by Gasteiger charge is -2.32. The number of esters is 1. The third kappa shape index (κ3) is 3.01. The zero-order valence-corrected chi connectivity index (χ0v) is 11.8. The van der Waals surface area contributed by atoms with Crippen LogP contribution < -0.4 is 9.64 Å². The fraction of sp³-hybridized carbons (Fsp3) is 0.571. The van der Waals surface area contributed by atoms with E-state index in [4.69, 9.17) is 14.6 Å². The van der Waals surface area contributed by atoms with E-state index >= 15 is 0 Å². The number of nitrogens with zero attached hydrogens (tertiary/aromatic N) is 2. The Morgan fingerprint density at radius 2 is 2.10 bits per heavy atom. The molecule has 0 bridgehead atoms. The molecule has 110 valence electrons. The van der Waals surface area contributed by atoms with Crippen LogP contribution in [0.4, 0.5) is 5.82 Å². The Bertz CT molecular complexity index is 470. The molecular formula is C14H20N2O4. The zero-order chi connectivity index (χ0) is 14.5. The summed E-state index contributed by atoms with van der Waals surface area (Å²) >= 11 is 0. The van der Waals surface area contributed by atoms with Gasteiger partial charge in [0.1, 0.15) is 11.4 Å². The largest absolute Gasteiger partial charge is 0.480 e. The van der Waals surface area contributed by atoms with Crippen LogP contribution in [0, 0.1) is 5.92 Å². The number of hydrogen-bond acceptors (Lipinski definition) is 6. The third-order valence-corrected chi connectivity index (χ3v) is 3.64. The highest BCUT2D eigenvalue weighted by molar-refractivity contribution is 5.92. The highest BCUT2D eigenvalue weighted by atomic mass is 16.5. The van der Waals surface area contributed by atoms with E-state index in [9.17, 15) is 4.79 Å². The van der Waals surface area contributed by atoms with Crippen LogP contribution >= 0.6 is 0 Å². The molecule has 1 fully saturated rings. The molecule has 0 aromatic carbocycles. The Kier molecular flexibility index (Phi) is 4.79. The van der Waals surface area contributed by atoms with Gasteiger partial charge >= 0.3 is 5.97 Å². The normalized spacial score (nSPS) is 16.1. The van der Waals surface area contributed by atoms with Gasteiger partial charge in [-0.2, -0.15) is 4.98 Å². The lowest BCUT2D eigenvalue weighted by molar-refractivity contribution is 0.0596. The second-order valence-electron chi connectivity index (χ2n) is 4.83. The maximum absolute atomic E-state index is 11.6. The van der Waals surface area contributed by atoms with Crippen LogP contribution in [0.1, 0.15) is 23.2 Å². The average molecular weight is 280 g/mol. The van der Waals surface area contributed by atoms with Crippen LogP contribution in [0.15, 0.2) is 12.1 Å². The van der Waals surface area contributed by atoms with Gasteiger partial charge in [-0.15, -0.1) is 0 Å². The van der Waals surface area contributed by atoms with Gasteiger partial charge in [-0.1, -0.05) is 0 Å². The molecule has 0 aliphatic carbocycles. The minimum Gasteiger partial charge on any atom is -0.480 e. The number of ether oxygens (including phenoxy) is 2. The molecule has 2 rings (SSSR count). The van der Waals surface area contributed by atoms with E-state index in [1.165, 1.54) is 14.2 Å². The lowest BCUT2D eigenvalue weighted by Crippen LogP contribution is -2.35. The Labute approximate surface area is 118 Å². The first-order valence-electron chi connectivity index (χ1n) is 6.68. The van der Waals surface area contributed by atoms with Gasteiger partial charge in [0.05, 0.1) is 14.2 Å². The number of aromatic nitrogens is 1. The maximum atomic E-state index is 11.6. The van der Waals surface area contributed by atoms with Crippen molar-refractivity contribution in [3.05, 3.63) is 17.7 Å². The molecule has 6 nitrogen and oxygen atoms in total. The summed E-state index contributed by atoms with van der Waals surface area (Å²) in [6, 6.07) is 3.47. The summed E-state index contributed by atoms with van der Waals surface area (Å²) in [5.41, 5.74) is 0.323. The van der Waals surface area contributed by atoms with Gasteiger partial charge in [-0.05, 0) is 30.9 Å². The van der Waals surface area contributed by atoms with Crippen molar-refractivity contribution in [1.29, 1.82) is 0 Å². The fourth-order valence-electron chi connectivity index (χ4n) is 2.37. The van der Waals surface area contributed by atoms with Crippen molar-refractivity contribution < 1.29 is 19.4 Å². The van der Waals surface area contributed by atoms with Gasteiger partial charge < -0.3 is 19.5 Å². The molecule has 1 aromatic rings. The SMILES string of the molecule is COC(=O)c1ccc(N2CCC(CO)CC2)nc1OC. The van der Waals surface area contributed by atoms with Crippen molar-refractivity contribution in [2.24, 2.45) is 5.92 Å². The number of aliphatic hydroxyl groups excluding tert-OH is 1. The smallest absolute Gasteiger partial charge is 0.343 e. The summed E-state index contributed by atoms with van der Waals surface area (Å²) in [5, 5.41) is 9.15. The minimum atomic E-state index is -0.458. The van der Waals surface area contributed by atoms with Crippen LogP contribution in [-0.2, 0) is 4.74 Å². The zero-order valence-electron chi connectivity index (χ0n) is 11.8. The predicted molar refractivity (Wildman–Crippen MR) is 74.2 cm³/mol. The summed E-state index contributed by atoms with van der Waals surface area (Å²) in [4.78, 5) is 18.1. The van der Waals surface area contributed by atoms with Crippen LogP contribution in [-0.4, -0.2) is 50.0 Å². The number of hydrogen-bond donors (Lipinski definition) is 1. The Morgan fingerprint density at radius 3 is 2.65 bits per heavy atom. The molecule has 0 unspecified atom stereocenters. The van der Waals surface area contributed by atoms with Crippen molar-refractivity contribution in [3.8, 4) is 5.88 Å². The number of anilines is 1. The van der Waals surface area contributed by atoms with Crippen molar-refractivity contribution in [3.63, 3.8) is 0 Å². The lowest BCUT2D eigenvalue weighted by atomic mass is 9.98. The van der Waals surface area contributed by atoms with Crippen LogP contribution in [0.25, 0.3) is 0 Å². The molecule has 20 heavy (non-hydrogen) atoms. The van der Waals surface area contributed by atoms with E-state index in [0.717, 1.165) is 31.7 Å². The van der Waals surface area contributed by atoms with E-state index in [0.29, 0.717) is 11.5 Å². The molecule has 1 N–H and O–H groups in total. The molecule has 0 spiro atoms. The molecule has 1 saturated heterocycles. The van der Waals surface area contributed by atoms with Crippen molar-refractivity contribution in [1.82, 2.24) is 4.98 Å². The van der Waals surface area contributed by atoms with Gasteiger partial charge in [-0.3, -0.25) is 0 Å². The monoisotopic (exact) mass is 280 g/mol. The van der Waals surface area contributed by atoms with Crippen molar-refractivity contribution in [2.45, 2.75) is 12.8 Å². The molecule has 1 aliphatic rings. The molecule has 6 heteroatoms. The topological polar surface area (TPSA) is 71.9 Å². The summed E-state index contributed by atoms with van der Waals surface area (Å²) in [5.74, 6) is 0.979. The maximum Gasteiger partial charge on any atom is 0.343 e. The molecular weight excluding hydrogens is 260 g/mol. The molecule has 0 radical (unpaired) electrons. The fourth-order valence-corrected chi connectivity index (χ4v) is 2.37. The average Bonchev–Trinajstić information content (AvgIpc) is 2.53. The highest BCUT2D eigenvalue weighted by Gasteiger charge is 2.21. The first-order valence-corrected chi connectivity index (χ1v) is 6.68. The Balaban J connectivity index is 2.16. The Hall–Kier alpha value is -1.82. The Morgan fingerprint density at radius 1 is 1.40 bits per heavy atom. The predicted octanol–water partition coefficient (Wildman–Crippen LogP) is 1.09. The number of rotatable bonds is 4. The molecule has 0 saturated carbocycles. The second-order valence-corrected chi connectivity index (χ2v) is 4.83. The summed E-state index contributed by atoms with van der Waals surface area (Å²) in [7, 11) is 2.81. The number of aliphatic hydroxyl groups is 1. The van der Waals surface area contributed by atoms with Gasteiger partial charge in [0.25, 0.3) is 0 Å². The number of carbonyl (C=O) groups is 1. The van der Waals surface area contributed by atoms with E-state index < -0.39 is 5.97 Å². The van der Waals surface area contributed by atoms with E-state index in [1.807, 2.05) is 0 Å². The van der Waals surface area contributed by atoms with E-state index in [1.54, 1.807) is 12.1 Å². The number of carbonyl (C=O) groups excluding carboxylic acids is 1. The number of piperidine rings is 1. The van der Waals surface area contributed by atoms with Crippen LogP contribution in [0.5, 0.6) is 5.88 Å². The quantitative estimate of drug-likeness (QED) is 0.832. The number of pyridine rings is 1. The van der Waals surface area contributed by atoms with Gasteiger partial charge in [0.2, 0.25) is 5.88 Å². The summed E-state index contributed by atoms with van der Waals surface area (Å²) in [6.07, 6.45) is 1.89. The molecule has 0 atom stereocenters. The molecule has 1 aromatic heterocycles. The van der Waals surface area contributed by atoms with E-state index in [-0.39, 0.29) is 12.5 Å². The summed E-state index contributed by atoms with van der Waals surface area (Å²) in [6.45, 7) is 1.93. The van der Waals surface area contributed by atoms with Crippen molar-refractivity contribution >= 4 is 11.8 Å². The third-order valence-electron chi connectivity index (χ3n) is 3.64. The molecule has 1 aliphatic heterocycles. The summed E-state index contributed by atoms with van der Waals surface area (Å²) < 4.78 is 9.86. The van der Waals surface area contributed by atoms with Gasteiger partial charge in [0.15, 0.2) is 0 Å². The van der Waals surface area contributed by atoms with Crippen LogP contribution in [0.2, 0.25) is 0 Å². The highest BCUT2D eigenvalue weighted by Crippen LogP contribution is 2.25.